The van der Waals surface area contributed by atoms with Gasteiger partial charge >= 0.3 is 0 Å². The number of pyridine rings is 1. The van der Waals surface area contributed by atoms with Crippen molar-refractivity contribution < 1.29 is 0 Å². The lowest BCUT2D eigenvalue weighted by Gasteiger charge is -2.13. The van der Waals surface area contributed by atoms with Gasteiger partial charge in [-0.05, 0) is 37.6 Å². The number of likely N-dealkylation sites (tertiary alicyclic amines) is 1. The topological polar surface area (TPSA) is 16.1 Å². The minimum Gasteiger partial charge on any atom is -0.299 e. The molecule has 1 fully saturated rings. The number of aromatic nitrogens is 1. The third-order valence-corrected chi connectivity index (χ3v) is 2.33. The van der Waals surface area contributed by atoms with E-state index in [-0.39, 0.29) is 24.8 Å². The van der Waals surface area contributed by atoms with Gasteiger partial charge in [-0.2, -0.15) is 0 Å². The molecule has 0 saturated carbocycles. The van der Waals surface area contributed by atoms with Gasteiger partial charge in [-0.25, -0.2) is 0 Å². The van der Waals surface area contributed by atoms with Crippen molar-refractivity contribution in [2.24, 2.45) is 0 Å². The molecular weight excluding hydrogens is 219 g/mol. The number of rotatable bonds is 2. The lowest BCUT2D eigenvalue weighted by Crippen LogP contribution is -2.18. The second-order valence-corrected chi connectivity index (χ2v) is 3.34. The molecule has 4 heteroatoms. The summed E-state index contributed by atoms with van der Waals surface area (Å²) in [5.41, 5.74) is 1.33. The first-order valence-electron chi connectivity index (χ1n) is 4.56. The molecule has 2 nitrogen and oxygen atoms in total. The molecule has 1 aliphatic rings. The summed E-state index contributed by atoms with van der Waals surface area (Å²) < 4.78 is 0. The molecule has 0 bridgehead atoms. The van der Waals surface area contributed by atoms with E-state index in [1.165, 1.54) is 31.5 Å². The second kappa shape index (κ2) is 7.04. The second-order valence-electron chi connectivity index (χ2n) is 3.34. The highest BCUT2D eigenvalue weighted by Gasteiger charge is 2.10. The maximum absolute atomic E-state index is 4.10. The van der Waals surface area contributed by atoms with Crippen molar-refractivity contribution >= 4 is 24.8 Å². The first-order chi connectivity index (χ1) is 5.95. The fraction of sp³-hybridized carbons (Fsp3) is 0.500. The van der Waals surface area contributed by atoms with E-state index in [1.807, 2.05) is 18.5 Å². The molecule has 14 heavy (non-hydrogen) atoms. The van der Waals surface area contributed by atoms with Gasteiger partial charge in [0.1, 0.15) is 0 Å². The summed E-state index contributed by atoms with van der Waals surface area (Å²) in [6, 6.07) is 4.15. The van der Waals surface area contributed by atoms with Gasteiger partial charge in [0.2, 0.25) is 0 Å². The molecule has 2 heterocycles. The van der Waals surface area contributed by atoms with Crippen LogP contribution in [0.1, 0.15) is 18.4 Å². The van der Waals surface area contributed by atoms with Crippen molar-refractivity contribution in [2.45, 2.75) is 19.4 Å². The Kier molecular flexibility index (Phi) is 6.89. The van der Waals surface area contributed by atoms with Crippen molar-refractivity contribution in [3.05, 3.63) is 30.1 Å². The average molecular weight is 235 g/mol. The Morgan fingerprint density at radius 1 is 1.21 bits per heavy atom. The Labute approximate surface area is 97.5 Å². The normalized spacial score (nSPS) is 15.7. The zero-order chi connectivity index (χ0) is 8.23. The van der Waals surface area contributed by atoms with Crippen LogP contribution >= 0.6 is 24.8 Å². The lowest BCUT2D eigenvalue weighted by molar-refractivity contribution is 0.331. The molecule has 0 aliphatic carbocycles. The summed E-state index contributed by atoms with van der Waals surface area (Å²) in [6.45, 7) is 3.59. The van der Waals surface area contributed by atoms with Gasteiger partial charge in [0.15, 0.2) is 0 Å². The number of hydrogen-bond donors (Lipinski definition) is 0. The van der Waals surface area contributed by atoms with E-state index in [9.17, 15) is 0 Å². The molecule has 1 aromatic rings. The summed E-state index contributed by atoms with van der Waals surface area (Å²) in [5, 5.41) is 0. The van der Waals surface area contributed by atoms with Crippen LogP contribution in [-0.2, 0) is 6.54 Å². The van der Waals surface area contributed by atoms with E-state index in [0.29, 0.717) is 0 Å². The summed E-state index contributed by atoms with van der Waals surface area (Å²) in [5.74, 6) is 0. The zero-order valence-electron chi connectivity index (χ0n) is 8.06. The molecule has 80 valence electrons. The van der Waals surface area contributed by atoms with Crippen molar-refractivity contribution in [3.63, 3.8) is 0 Å². The van der Waals surface area contributed by atoms with E-state index < -0.39 is 0 Å². The van der Waals surface area contributed by atoms with Crippen LogP contribution < -0.4 is 0 Å². The Morgan fingerprint density at radius 3 is 2.50 bits per heavy atom. The molecule has 1 aliphatic heterocycles. The van der Waals surface area contributed by atoms with Gasteiger partial charge in [-0.3, -0.25) is 9.88 Å². The first-order valence-corrected chi connectivity index (χ1v) is 4.56. The Balaban J connectivity index is 0.000000845. The van der Waals surface area contributed by atoms with Crippen LogP contribution in [0.5, 0.6) is 0 Å². The first kappa shape index (κ1) is 13.7. The fourth-order valence-electron chi connectivity index (χ4n) is 1.69. The Hall–Kier alpha value is -0.310. The highest BCUT2D eigenvalue weighted by atomic mass is 35.5. The van der Waals surface area contributed by atoms with Gasteiger partial charge in [0.05, 0.1) is 0 Å². The van der Waals surface area contributed by atoms with Crippen molar-refractivity contribution in [1.29, 1.82) is 0 Å². The predicted molar refractivity (Wildman–Crippen MR) is 63.2 cm³/mol. The fourth-order valence-corrected chi connectivity index (χ4v) is 1.69. The Morgan fingerprint density at radius 2 is 1.93 bits per heavy atom. The molecule has 1 aromatic heterocycles. The van der Waals surface area contributed by atoms with Crippen LogP contribution in [0.25, 0.3) is 0 Å². The van der Waals surface area contributed by atoms with Gasteiger partial charge < -0.3 is 0 Å². The van der Waals surface area contributed by atoms with Gasteiger partial charge in [-0.15, -0.1) is 24.8 Å². The van der Waals surface area contributed by atoms with Gasteiger partial charge in [-0.1, -0.05) is 6.07 Å². The SMILES string of the molecule is Cl.Cl.c1cncc(CN2CCCC2)c1. The quantitative estimate of drug-likeness (QED) is 0.783. The van der Waals surface area contributed by atoms with Crippen LogP contribution in [0.3, 0.4) is 0 Å². The third kappa shape index (κ3) is 3.82. The minimum absolute atomic E-state index is 0. The van der Waals surface area contributed by atoms with Crippen LogP contribution in [0.15, 0.2) is 24.5 Å². The minimum atomic E-state index is 0. The van der Waals surface area contributed by atoms with Crippen molar-refractivity contribution in [3.8, 4) is 0 Å². The predicted octanol–water partition coefficient (Wildman–Crippen LogP) is 2.52. The summed E-state index contributed by atoms with van der Waals surface area (Å²) in [7, 11) is 0. The number of hydrogen-bond acceptors (Lipinski definition) is 2. The molecule has 1 saturated heterocycles. The molecule has 0 N–H and O–H groups in total. The van der Waals surface area contributed by atoms with E-state index >= 15 is 0 Å². The molecule has 0 radical (unpaired) electrons. The monoisotopic (exact) mass is 234 g/mol. The molecule has 0 amide bonds. The number of nitrogens with zero attached hydrogens (tertiary/aromatic N) is 2. The van der Waals surface area contributed by atoms with Crippen LogP contribution in [-0.4, -0.2) is 23.0 Å². The smallest absolute Gasteiger partial charge is 0.0312 e. The van der Waals surface area contributed by atoms with E-state index in [0.717, 1.165) is 6.54 Å². The molecule has 2 rings (SSSR count). The maximum atomic E-state index is 4.10. The highest BCUT2D eigenvalue weighted by molar-refractivity contribution is 5.85. The largest absolute Gasteiger partial charge is 0.299 e. The lowest BCUT2D eigenvalue weighted by atomic mass is 10.3. The standard InChI is InChI=1S/C10H14N2.2ClH/c1-2-7-12(6-1)9-10-4-3-5-11-8-10;;/h3-5,8H,1-2,6-7,9H2;2*1H. The van der Waals surface area contributed by atoms with Crippen molar-refractivity contribution in [1.82, 2.24) is 9.88 Å². The van der Waals surface area contributed by atoms with Gasteiger partial charge in [0, 0.05) is 18.9 Å². The summed E-state index contributed by atoms with van der Waals surface area (Å²) >= 11 is 0. The van der Waals surface area contributed by atoms with Crippen LogP contribution in [0, 0.1) is 0 Å². The van der Waals surface area contributed by atoms with Crippen LogP contribution in [0.2, 0.25) is 0 Å². The average Bonchev–Trinajstić information content (AvgIpc) is 2.59. The summed E-state index contributed by atoms with van der Waals surface area (Å²) in [4.78, 5) is 6.58. The Bertz CT molecular complexity index is 235. The molecule has 0 spiro atoms. The molecule has 0 aromatic carbocycles. The van der Waals surface area contributed by atoms with Gasteiger partial charge in [0.25, 0.3) is 0 Å². The third-order valence-electron chi connectivity index (χ3n) is 2.33. The highest BCUT2D eigenvalue weighted by Crippen LogP contribution is 2.11. The van der Waals surface area contributed by atoms with E-state index in [4.69, 9.17) is 0 Å². The molecular formula is C10H16Cl2N2. The van der Waals surface area contributed by atoms with E-state index in [1.54, 1.807) is 0 Å². The van der Waals surface area contributed by atoms with Crippen LogP contribution in [0.4, 0.5) is 0 Å². The molecule has 0 atom stereocenters. The van der Waals surface area contributed by atoms with E-state index in [2.05, 4.69) is 16.0 Å². The number of halogens is 2. The maximum Gasteiger partial charge on any atom is 0.0312 e. The molecule has 0 unspecified atom stereocenters. The van der Waals surface area contributed by atoms with Crippen molar-refractivity contribution in [2.75, 3.05) is 13.1 Å². The summed E-state index contributed by atoms with van der Waals surface area (Å²) in [6.07, 6.45) is 6.51. The zero-order valence-corrected chi connectivity index (χ0v) is 9.69.